The van der Waals surface area contributed by atoms with Gasteiger partial charge in [0.1, 0.15) is 0 Å². The third-order valence-electron chi connectivity index (χ3n) is 4.54. The molecule has 0 heterocycles. The molecule has 1 aliphatic carbocycles. The molecule has 3 atom stereocenters. The molecule has 2 heteroatoms. The Morgan fingerprint density at radius 1 is 0.950 bits per heavy atom. The van der Waals surface area contributed by atoms with Gasteiger partial charge in [0.05, 0.1) is 6.10 Å². The molecule has 0 radical (unpaired) electrons. The van der Waals surface area contributed by atoms with E-state index in [1.807, 2.05) is 0 Å². The summed E-state index contributed by atoms with van der Waals surface area (Å²) in [6.07, 6.45) is 13.7. The highest BCUT2D eigenvalue weighted by molar-refractivity contribution is 4.84. The molecule has 1 fully saturated rings. The fourth-order valence-electron chi connectivity index (χ4n) is 3.19. The van der Waals surface area contributed by atoms with Crippen molar-refractivity contribution in [3.8, 4) is 0 Å². The van der Waals surface area contributed by atoms with E-state index in [9.17, 15) is 0 Å². The minimum atomic E-state index is 0.459. The van der Waals surface area contributed by atoms with Crippen molar-refractivity contribution < 1.29 is 4.74 Å². The maximum absolute atomic E-state index is 6.21. The van der Waals surface area contributed by atoms with E-state index in [4.69, 9.17) is 4.74 Å². The Morgan fingerprint density at radius 3 is 2.45 bits per heavy atom. The summed E-state index contributed by atoms with van der Waals surface area (Å²) >= 11 is 0. The molecule has 1 N–H and O–H groups in total. The quantitative estimate of drug-likeness (QED) is 0.543. The molecule has 0 bridgehead atoms. The van der Waals surface area contributed by atoms with Gasteiger partial charge in [0, 0.05) is 12.6 Å². The highest BCUT2D eigenvalue weighted by Crippen LogP contribution is 2.26. The molecule has 2 nitrogen and oxygen atoms in total. The molecule has 1 aliphatic rings. The Balaban J connectivity index is 2.13. The van der Waals surface area contributed by atoms with Gasteiger partial charge in [-0.3, -0.25) is 0 Å². The van der Waals surface area contributed by atoms with Gasteiger partial charge in [-0.2, -0.15) is 0 Å². The first kappa shape index (κ1) is 18.0. The monoisotopic (exact) mass is 283 g/mol. The van der Waals surface area contributed by atoms with Crippen LogP contribution in [0.3, 0.4) is 0 Å². The molecule has 0 amide bonds. The van der Waals surface area contributed by atoms with E-state index in [2.05, 4.69) is 26.1 Å². The minimum absolute atomic E-state index is 0.459. The van der Waals surface area contributed by atoms with E-state index >= 15 is 0 Å². The summed E-state index contributed by atoms with van der Waals surface area (Å²) in [7, 11) is 0. The average molecular weight is 284 g/mol. The van der Waals surface area contributed by atoms with Crippen molar-refractivity contribution in [1.29, 1.82) is 0 Å². The number of rotatable bonds is 11. The number of nitrogens with one attached hydrogen (secondary N) is 1. The SMILES string of the molecule is CCCCCCCCOC1CC(C)CCC1NCCC. The summed E-state index contributed by atoms with van der Waals surface area (Å²) in [5, 5.41) is 3.69. The molecule has 1 rings (SSSR count). The topological polar surface area (TPSA) is 21.3 Å². The Hall–Kier alpha value is -0.0800. The van der Waals surface area contributed by atoms with Gasteiger partial charge < -0.3 is 10.1 Å². The second kappa shape index (κ2) is 11.6. The van der Waals surface area contributed by atoms with Gasteiger partial charge >= 0.3 is 0 Å². The smallest absolute Gasteiger partial charge is 0.0730 e. The first-order chi connectivity index (χ1) is 9.77. The van der Waals surface area contributed by atoms with Crippen LogP contribution in [0.2, 0.25) is 0 Å². The number of unbranched alkanes of at least 4 members (excludes halogenated alkanes) is 5. The second-order valence-corrected chi connectivity index (χ2v) is 6.66. The Labute approximate surface area is 127 Å². The normalized spacial score (nSPS) is 26.9. The van der Waals surface area contributed by atoms with Gasteiger partial charge in [-0.15, -0.1) is 0 Å². The fourth-order valence-corrected chi connectivity index (χ4v) is 3.19. The van der Waals surface area contributed by atoms with Crippen molar-refractivity contribution in [2.24, 2.45) is 5.92 Å². The summed E-state index contributed by atoms with van der Waals surface area (Å²) in [4.78, 5) is 0. The lowest BCUT2D eigenvalue weighted by atomic mass is 9.85. The maximum Gasteiger partial charge on any atom is 0.0730 e. The predicted octanol–water partition coefficient (Wildman–Crippen LogP) is 4.92. The fraction of sp³-hybridized carbons (Fsp3) is 1.00. The minimum Gasteiger partial charge on any atom is -0.377 e. The largest absolute Gasteiger partial charge is 0.377 e. The van der Waals surface area contributed by atoms with Crippen LogP contribution in [0.4, 0.5) is 0 Å². The van der Waals surface area contributed by atoms with Crippen LogP contribution < -0.4 is 5.32 Å². The Morgan fingerprint density at radius 2 is 1.70 bits per heavy atom. The molecule has 0 aromatic carbocycles. The molecule has 0 spiro atoms. The van der Waals surface area contributed by atoms with Crippen LogP contribution in [0.1, 0.15) is 85.0 Å². The molecular weight excluding hydrogens is 246 g/mol. The van der Waals surface area contributed by atoms with Crippen molar-refractivity contribution in [2.75, 3.05) is 13.2 Å². The van der Waals surface area contributed by atoms with Crippen LogP contribution in [0.25, 0.3) is 0 Å². The van der Waals surface area contributed by atoms with Crippen molar-refractivity contribution in [3.63, 3.8) is 0 Å². The molecule has 0 saturated heterocycles. The zero-order valence-electron chi connectivity index (χ0n) is 14.1. The van der Waals surface area contributed by atoms with E-state index in [0.717, 1.165) is 19.1 Å². The van der Waals surface area contributed by atoms with Gasteiger partial charge in [-0.05, 0) is 44.6 Å². The summed E-state index contributed by atoms with van der Waals surface area (Å²) in [6, 6.07) is 0.603. The van der Waals surface area contributed by atoms with Crippen LogP contribution in [-0.4, -0.2) is 25.3 Å². The highest BCUT2D eigenvalue weighted by atomic mass is 16.5. The lowest BCUT2D eigenvalue weighted by Gasteiger charge is -2.35. The summed E-state index contributed by atoms with van der Waals surface area (Å²) in [5.74, 6) is 0.837. The Kier molecular flexibility index (Phi) is 10.4. The second-order valence-electron chi connectivity index (χ2n) is 6.66. The molecule has 20 heavy (non-hydrogen) atoms. The number of hydrogen-bond acceptors (Lipinski definition) is 2. The van der Waals surface area contributed by atoms with Gasteiger partial charge in [-0.25, -0.2) is 0 Å². The van der Waals surface area contributed by atoms with Gasteiger partial charge in [-0.1, -0.05) is 52.9 Å². The molecule has 120 valence electrons. The molecule has 0 aliphatic heterocycles. The highest BCUT2D eigenvalue weighted by Gasteiger charge is 2.28. The van der Waals surface area contributed by atoms with Crippen molar-refractivity contribution in [1.82, 2.24) is 5.32 Å². The summed E-state index contributed by atoms with van der Waals surface area (Å²) < 4.78 is 6.21. The van der Waals surface area contributed by atoms with Gasteiger partial charge in [0.15, 0.2) is 0 Å². The van der Waals surface area contributed by atoms with Crippen LogP contribution in [0, 0.1) is 5.92 Å². The van der Waals surface area contributed by atoms with Crippen LogP contribution in [0.5, 0.6) is 0 Å². The van der Waals surface area contributed by atoms with E-state index in [1.54, 1.807) is 0 Å². The zero-order chi connectivity index (χ0) is 14.6. The van der Waals surface area contributed by atoms with Crippen molar-refractivity contribution in [2.45, 2.75) is 97.1 Å². The average Bonchev–Trinajstić information content (AvgIpc) is 2.45. The van der Waals surface area contributed by atoms with Gasteiger partial charge in [0.2, 0.25) is 0 Å². The lowest BCUT2D eigenvalue weighted by molar-refractivity contribution is -0.00901. The van der Waals surface area contributed by atoms with E-state index in [0.29, 0.717) is 12.1 Å². The van der Waals surface area contributed by atoms with Crippen LogP contribution in [0.15, 0.2) is 0 Å². The van der Waals surface area contributed by atoms with Crippen LogP contribution >= 0.6 is 0 Å². The molecule has 0 aromatic heterocycles. The van der Waals surface area contributed by atoms with Crippen molar-refractivity contribution >= 4 is 0 Å². The summed E-state index contributed by atoms with van der Waals surface area (Å²) in [6.45, 7) is 8.99. The number of ether oxygens (including phenoxy) is 1. The Bertz CT molecular complexity index is 217. The zero-order valence-corrected chi connectivity index (χ0v) is 14.1. The molecule has 1 saturated carbocycles. The van der Waals surface area contributed by atoms with Gasteiger partial charge in [0.25, 0.3) is 0 Å². The van der Waals surface area contributed by atoms with Crippen molar-refractivity contribution in [3.05, 3.63) is 0 Å². The van der Waals surface area contributed by atoms with Crippen LogP contribution in [-0.2, 0) is 4.74 Å². The first-order valence-electron chi connectivity index (χ1n) is 9.12. The third kappa shape index (κ3) is 7.64. The van der Waals surface area contributed by atoms with E-state index < -0.39 is 0 Å². The standard InChI is InChI=1S/C18H37NO/c1-4-6-7-8-9-10-14-20-18-15-16(3)11-12-17(18)19-13-5-2/h16-19H,4-15H2,1-3H3. The summed E-state index contributed by atoms with van der Waals surface area (Å²) in [5.41, 5.74) is 0. The predicted molar refractivity (Wildman–Crippen MR) is 88.2 cm³/mol. The number of hydrogen-bond donors (Lipinski definition) is 1. The molecule has 3 unspecified atom stereocenters. The third-order valence-corrected chi connectivity index (χ3v) is 4.54. The first-order valence-corrected chi connectivity index (χ1v) is 9.12. The lowest BCUT2D eigenvalue weighted by Crippen LogP contribution is -2.45. The molecular formula is C18H37NO. The molecule has 0 aromatic rings. The van der Waals surface area contributed by atoms with E-state index in [-0.39, 0.29) is 0 Å². The van der Waals surface area contributed by atoms with E-state index in [1.165, 1.54) is 64.2 Å². The maximum atomic E-state index is 6.21.